The fourth-order valence-corrected chi connectivity index (χ4v) is 1.83. The van der Waals surface area contributed by atoms with Crippen LogP contribution in [-0.4, -0.2) is 22.2 Å². The summed E-state index contributed by atoms with van der Waals surface area (Å²) in [7, 11) is 0. The van der Waals surface area contributed by atoms with E-state index in [2.05, 4.69) is 10.3 Å². The Morgan fingerprint density at radius 3 is 2.71 bits per heavy atom. The van der Waals surface area contributed by atoms with Gasteiger partial charge in [-0.1, -0.05) is 13.8 Å². The van der Waals surface area contributed by atoms with Gasteiger partial charge >= 0.3 is 0 Å². The van der Waals surface area contributed by atoms with Gasteiger partial charge in [-0.05, 0) is 12.8 Å². The lowest BCUT2D eigenvalue weighted by Crippen LogP contribution is -2.39. The van der Waals surface area contributed by atoms with Crippen LogP contribution in [0.25, 0.3) is 0 Å². The van der Waals surface area contributed by atoms with Crippen molar-refractivity contribution in [2.24, 2.45) is 0 Å². The molecule has 0 atom stereocenters. The first-order valence-electron chi connectivity index (χ1n) is 5.01. The van der Waals surface area contributed by atoms with E-state index in [4.69, 9.17) is 0 Å². The molecule has 0 saturated carbocycles. The first kappa shape index (κ1) is 11.6. The van der Waals surface area contributed by atoms with Crippen LogP contribution in [0.3, 0.4) is 0 Å². The number of rotatable bonds is 6. The monoisotopic (exact) mass is 214 g/mol. The molecule has 0 aliphatic rings. The predicted octanol–water partition coefficient (Wildman–Crippen LogP) is 1.78. The van der Waals surface area contributed by atoms with Crippen molar-refractivity contribution < 1.29 is 5.11 Å². The van der Waals surface area contributed by atoms with Crippen molar-refractivity contribution in [1.29, 1.82) is 0 Å². The van der Waals surface area contributed by atoms with E-state index in [0.717, 1.165) is 24.4 Å². The Balaban J connectivity index is 2.27. The topological polar surface area (TPSA) is 45.1 Å². The van der Waals surface area contributed by atoms with Crippen LogP contribution < -0.4 is 5.32 Å². The zero-order chi connectivity index (χ0) is 10.4. The highest BCUT2D eigenvalue weighted by molar-refractivity contribution is 7.09. The van der Waals surface area contributed by atoms with E-state index >= 15 is 0 Å². The third-order valence-electron chi connectivity index (χ3n) is 2.53. The van der Waals surface area contributed by atoms with Gasteiger partial charge in [-0.15, -0.1) is 11.3 Å². The zero-order valence-corrected chi connectivity index (χ0v) is 9.60. The molecule has 0 aliphatic carbocycles. The second-order valence-corrected chi connectivity index (χ2v) is 4.44. The summed E-state index contributed by atoms with van der Waals surface area (Å²) in [5.74, 6) is 0. The summed E-state index contributed by atoms with van der Waals surface area (Å²) < 4.78 is 0. The Hall–Kier alpha value is -0.450. The molecule has 0 aromatic carbocycles. The van der Waals surface area contributed by atoms with Crippen LogP contribution in [0.5, 0.6) is 0 Å². The van der Waals surface area contributed by atoms with E-state index in [0.29, 0.717) is 6.54 Å². The van der Waals surface area contributed by atoms with Gasteiger partial charge in [0, 0.05) is 24.7 Å². The quantitative estimate of drug-likeness (QED) is 0.759. The highest BCUT2D eigenvalue weighted by Gasteiger charge is 2.21. The molecule has 3 nitrogen and oxygen atoms in total. The summed E-state index contributed by atoms with van der Waals surface area (Å²) in [5.41, 5.74) is -0.558. The van der Waals surface area contributed by atoms with E-state index in [-0.39, 0.29) is 0 Å². The van der Waals surface area contributed by atoms with Crippen LogP contribution in [0.15, 0.2) is 11.6 Å². The minimum Gasteiger partial charge on any atom is -0.389 e. The maximum Gasteiger partial charge on any atom is 0.106 e. The number of hydrogen-bond acceptors (Lipinski definition) is 4. The van der Waals surface area contributed by atoms with Gasteiger partial charge in [0.05, 0.1) is 5.60 Å². The number of nitrogens with one attached hydrogen (secondary N) is 1. The largest absolute Gasteiger partial charge is 0.389 e. The van der Waals surface area contributed by atoms with Gasteiger partial charge in [0.15, 0.2) is 0 Å². The molecular weight excluding hydrogens is 196 g/mol. The molecule has 2 N–H and O–H groups in total. The van der Waals surface area contributed by atoms with Crippen molar-refractivity contribution in [3.05, 3.63) is 16.6 Å². The standard InChI is InChI=1S/C10H18N2OS/c1-3-10(13,4-2)8-11-7-9-12-5-6-14-9/h5-6,11,13H,3-4,7-8H2,1-2H3. The molecule has 80 valence electrons. The molecule has 0 spiro atoms. The highest BCUT2D eigenvalue weighted by atomic mass is 32.1. The molecule has 0 saturated heterocycles. The van der Waals surface area contributed by atoms with Crippen molar-refractivity contribution in [2.45, 2.75) is 38.8 Å². The summed E-state index contributed by atoms with van der Waals surface area (Å²) in [6.45, 7) is 5.41. The normalized spacial score (nSPS) is 11.9. The summed E-state index contributed by atoms with van der Waals surface area (Å²) in [5, 5.41) is 16.2. The fourth-order valence-electron chi connectivity index (χ4n) is 1.24. The molecule has 14 heavy (non-hydrogen) atoms. The van der Waals surface area contributed by atoms with E-state index in [9.17, 15) is 5.11 Å². The molecule has 0 radical (unpaired) electrons. The van der Waals surface area contributed by atoms with Crippen molar-refractivity contribution in [1.82, 2.24) is 10.3 Å². The molecule has 4 heteroatoms. The van der Waals surface area contributed by atoms with Crippen molar-refractivity contribution in [3.63, 3.8) is 0 Å². The van der Waals surface area contributed by atoms with Gasteiger partial charge in [0.2, 0.25) is 0 Å². The van der Waals surface area contributed by atoms with Gasteiger partial charge in [0.1, 0.15) is 5.01 Å². The van der Waals surface area contributed by atoms with E-state index < -0.39 is 5.60 Å². The average molecular weight is 214 g/mol. The van der Waals surface area contributed by atoms with Gasteiger partial charge in [0.25, 0.3) is 0 Å². The highest BCUT2D eigenvalue weighted by Crippen LogP contribution is 2.13. The molecule has 1 aromatic rings. The number of thiazole rings is 1. The van der Waals surface area contributed by atoms with Crippen molar-refractivity contribution >= 4 is 11.3 Å². The Morgan fingerprint density at radius 1 is 1.50 bits per heavy atom. The lowest BCUT2D eigenvalue weighted by Gasteiger charge is -2.25. The number of aromatic nitrogens is 1. The van der Waals surface area contributed by atoms with Crippen molar-refractivity contribution in [3.8, 4) is 0 Å². The Labute approximate surface area is 89.2 Å². The molecular formula is C10H18N2OS. The Kier molecular flexibility index (Phi) is 4.51. The maximum atomic E-state index is 9.98. The number of aliphatic hydroxyl groups is 1. The minimum atomic E-state index is -0.558. The second kappa shape index (κ2) is 5.44. The second-order valence-electron chi connectivity index (χ2n) is 3.46. The SMILES string of the molecule is CCC(O)(CC)CNCc1nccs1. The van der Waals surface area contributed by atoms with Gasteiger partial charge in [-0.25, -0.2) is 4.98 Å². The maximum absolute atomic E-state index is 9.98. The minimum absolute atomic E-state index is 0.558. The predicted molar refractivity (Wildman–Crippen MR) is 59.4 cm³/mol. The molecule has 0 aliphatic heterocycles. The summed E-state index contributed by atoms with van der Waals surface area (Å²) in [6.07, 6.45) is 3.37. The van der Waals surface area contributed by atoms with Crippen LogP contribution in [0.4, 0.5) is 0 Å². The average Bonchev–Trinajstić information content (AvgIpc) is 2.70. The number of hydrogen-bond donors (Lipinski definition) is 2. The van der Waals surface area contributed by atoms with E-state index in [1.54, 1.807) is 17.5 Å². The zero-order valence-electron chi connectivity index (χ0n) is 8.79. The van der Waals surface area contributed by atoms with Crippen molar-refractivity contribution in [2.75, 3.05) is 6.54 Å². The summed E-state index contributed by atoms with van der Waals surface area (Å²) >= 11 is 1.63. The van der Waals surface area contributed by atoms with Gasteiger partial charge in [-0.2, -0.15) is 0 Å². The fraction of sp³-hybridized carbons (Fsp3) is 0.700. The Morgan fingerprint density at radius 2 is 2.21 bits per heavy atom. The smallest absolute Gasteiger partial charge is 0.106 e. The molecule has 0 unspecified atom stereocenters. The summed E-state index contributed by atoms with van der Waals surface area (Å²) in [4.78, 5) is 4.16. The first-order valence-corrected chi connectivity index (χ1v) is 5.89. The molecule has 1 aromatic heterocycles. The van der Waals surface area contributed by atoms with Crippen LogP contribution in [0.2, 0.25) is 0 Å². The lowest BCUT2D eigenvalue weighted by atomic mass is 9.98. The Bertz CT molecular complexity index is 245. The van der Waals surface area contributed by atoms with Crippen LogP contribution in [0, 0.1) is 0 Å². The van der Waals surface area contributed by atoms with Gasteiger partial charge < -0.3 is 10.4 Å². The van der Waals surface area contributed by atoms with Gasteiger partial charge in [-0.3, -0.25) is 0 Å². The molecule has 0 bridgehead atoms. The van der Waals surface area contributed by atoms with E-state index in [1.165, 1.54) is 0 Å². The lowest BCUT2D eigenvalue weighted by molar-refractivity contribution is 0.0323. The number of nitrogens with zero attached hydrogens (tertiary/aromatic N) is 1. The van der Waals surface area contributed by atoms with Crippen LogP contribution in [-0.2, 0) is 6.54 Å². The summed E-state index contributed by atoms with van der Waals surface area (Å²) in [6, 6.07) is 0. The molecule has 0 amide bonds. The third kappa shape index (κ3) is 3.36. The van der Waals surface area contributed by atoms with Crippen LogP contribution in [0.1, 0.15) is 31.7 Å². The van der Waals surface area contributed by atoms with E-state index in [1.807, 2.05) is 19.2 Å². The molecule has 0 fully saturated rings. The molecule has 1 heterocycles. The van der Waals surface area contributed by atoms with Crippen LogP contribution >= 0.6 is 11.3 Å². The first-order chi connectivity index (χ1) is 6.70. The molecule has 1 rings (SSSR count). The third-order valence-corrected chi connectivity index (χ3v) is 3.31.